The van der Waals surface area contributed by atoms with E-state index in [2.05, 4.69) is 15.6 Å². The number of amides is 1. The number of aromatic nitrogens is 3. The number of carbonyl (C=O) groups excluding carboxylic acids is 1. The summed E-state index contributed by atoms with van der Waals surface area (Å²) in [7, 11) is 0. The maximum atomic E-state index is 12.1. The van der Waals surface area contributed by atoms with Gasteiger partial charge in [0, 0.05) is 17.0 Å². The largest absolute Gasteiger partial charge is 0.349 e. The van der Waals surface area contributed by atoms with Crippen LogP contribution in [0.4, 0.5) is 0 Å². The molecule has 0 saturated carbocycles. The summed E-state index contributed by atoms with van der Waals surface area (Å²) >= 11 is 1.65. The first kappa shape index (κ1) is 15.7. The van der Waals surface area contributed by atoms with E-state index in [-0.39, 0.29) is 11.4 Å². The molecule has 2 rings (SSSR count). The Morgan fingerprint density at radius 1 is 1.48 bits per heavy atom. The summed E-state index contributed by atoms with van der Waals surface area (Å²) in [6, 6.07) is 4.01. The molecule has 0 radical (unpaired) electrons. The van der Waals surface area contributed by atoms with Crippen LogP contribution < -0.4 is 11.1 Å². The molecule has 0 unspecified atom stereocenters. The Hall–Kier alpha value is -1.73. The van der Waals surface area contributed by atoms with Crippen LogP contribution in [0.1, 0.15) is 42.1 Å². The number of carbonyl (C=O) groups is 1. The molecule has 1 amide bonds. The van der Waals surface area contributed by atoms with Gasteiger partial charge in [0.25, 0.3) is 5.91 Å². The van der Waals surface area contributed by atoms with Crippen LogP contribution in [0.3, 0.4) is 0 Å². The van der Waals surface area contributed by atoms with Gasteiger partial charge in [-0.05, 0) is 24.3 Å². The van der Waals surface area contributed by atoms with E-state index >= 15 is 0 Å². The monoisotopic (exact) mass is 307 g/mol. The molecule has 21 heavy (non-hydrogen) atoms. The van der Waals surface area contributed by atoms with Gasteiger partial charge in [-0.1, -0.05) is 25.1 Å². The van der Waals surface area contributed by atoms with Gasteiger partial charge in [-0.2, -0.15) is 0 Å². The van der Waals surface area contributed by atoms with E-state index in [1.54, 1.807) is 22.2 Å². The minimum absolute atomic E-state index is 0.232. The van der Waals surface area contributed by atoms with E-state index in [0.29, 0.717) is 18.8 Å². The molecule has 2 aromatic rings. The summed E-state index contributed by atoms with van der Waals surface area (Å²) < 4.78 is 1.66. The molecule has 6 nitrogen and oxygen atoms in total. The Balaban J connectivity index is 1.93. The number of rotatable bonds is 7. The highest BCUT2D eigenvalue weighted by atomic mass is 32.1. The summed E-state index contributed by atoms with van der Waals surface area (Å²) in [5.74, 6) is -0.232. The van der Waals surface area contributed by atoms with Crippen LogP contribution in [0.2, 0.25) is 0 Å². The second-order valence-electron chi connectivity index (χ2n) is 5.13. The number of thiophene rings is 1. The lowest BCUT2D eigenvalue weighted by Crippen LogP contribution is -2.49. The topological polar surface area (TPSA) is 85.8 Å². The molecule has 0 aromatic carbocycles. The van der Waals surface area contributed by atoms with Crippen LogP contribution in [0.5, 0.6) is 0 Å². The van der Waals surface area contributed by atoms with Gasteiger partial charge >= 0.3 is 0 Å². The van der Waals surface area contributed by atoms with Crippen LogP contribution >= 0.6 is 11.3 Å². The first-order valence-corrected chi connectivity index (χ1v) is 7.94. The standard InChI is InChI=1S/C14H21N5OS/c1-3-14(15,4-2)10-16-13(20)12-9-19(18-17-12)8-11-6-5-7-21-11/h5-7,9H,3-4,8,10,15H2,1-2H3,(H,16,20). The molecule has 0 bridgehead atoms. The Kier molecular flexibility index (Phi) is 5.08. The Bertz CT molecular complexity index is 574. The molecule has 114 valence electrons. The third kappa shape index (κ3) is 4.12. The molecular weight excluding hydrogens is 286 g/mol. The average Bonchev–Trinajstić information content (AvgIpc) is 3.17. The van der Waals surface area contributed by atoms with Crippen LogP contribution in [0.25, 0.3) is 0 Å². The predicted octanol–water partition coefficient (Wildman–Crippen LogP) is 1.64. The van der Waals surface area contributed by atoms with Gasteiger partial charge in [0.2, 0.25) is 0 Å². The molecule has 2 heterocycles. The molecule has 2 aromatic heterocycles. The van der Waals surface area contributed by atoms with Crippen molar-refractivity contribution < 1.29 is 4.79 Å². The second kappa shape index (κ2) is 6.82. The third-order valence-electron chi connectivity index (χ3n) is 3.68. The van der Waals surface area contributed by atoms with E-state index in [9.17, 15) is 4.79 Å². The highest BCUT2D eigenvalue weighted by molar-refractivity contribution is 7.09. The number of nitrogens with zero attached hydrogens (tertiary/aromatic N) is 3. The maximum Gasteiger partial charge on any atom is 0.273 e. The third-order valence-corrected chi connectivity index (χ3v) is 4.54. The van der Waals surface area contributed by atoms with E-state index in [1.165, 1.54) is 4.88 Å². The van der Waals surface area contributed by atoms with Crippen molar-refractivity contribution >= 4 is 17.2 Å². The molecular formula is C14H21N5OS. The van der Waals surface area contributed by atoms with Crippen molar-refractivity contribution in [2.45, 2.75) is 38.8 Å². The number of nitrogens with two attached hydrogens (primary N) is 1. The van der Waals surface area contributed by atoms with Crippen molar-refractivity contribution in [1.82, 2.24) is 20.3 Å². The van der Waals surface area contributed by atoms with Crippen molar-refractivity contribution in [3.8, 4) is 0 Å². The molecule has 0 aliphatic heterocycles. The SMILES string of the molecule is CCC(N)(CC)CNC(=O)c1cn(Cc2cccs2)nn1. The smallest absolute Gasteiger partial charge is 0.273 e. The Labute approximate surface area is 128 Å². The molecule has 3 N–H and O–H groups in total. The van der Waals surface area contributed by atoms with Crippen molar-refractivity contribution in [2.75, 3.05) is 6.54 Å². The van der Waals surface area contributed by atoms with Gasteiger partial charge in [-0.15, -0.1) is 16.4 Å². The first-order chi connectivity index (χ1) is 10.1. The second-order valence-corrected chi connectivity index (χ2v) is 6.17. The fourth-order valence-corrected chi connectivity index (χ4v) is 2.58. The van der Waals surface area contributed by atoms with E-state index in [4.69, 9.17) is 5.73 Å². The number of hydrogen-bond acceptors (Lipinski definition) is 5. The van der Waals surface area contributed by atoms with Gasteiger partial charge in [0.05, 0.1) is 12.7 Å². The summed E-state index contributed by atoms with van der Waals surface area (Å²) in [5.41, 5.74) is 6.13. The Morgan fingerprint density at radius 3 is 2.86 bits per heavy atom. The minimum atomic E-state index is -0.359. The molecule has 0 atom stereocenters. The first-order valence-electron chi connectivity index (χ1n) is 7.06. The van der Waals surface area contributed by atoms with Gasteiger partial charge in [-0.25, -0.2) is 4.68 Å². The molecule has 0 saturated heterocycles. The van der Waals surface area contributed by atoms with Gasteiger partial charge in [-0.3, -0.25) is 4.79 Å². The zero-order valence-corrected chi connectivity index (χ0v) is 13.2. The summed E-state index contributed by atoms with van der Waals surface area (Å²) in [6.07, 6.45) is 3.29. The van der Waals surface area contributed by atoms with Gasteiger partial charge < -0.3 is 11.1 Å². The summed E-state index contributed by atoms with van der Waals surface area (Å²) in [4.78, 5) is 13.2. The van der Waals surface area contributed by atoms with Crippen molar-refractivity contribution in [1.29, 1.82) is 0 Å². The fourth-order valence-electron chi connectivity index (χ4n) is 1.89. The van der Waals surface area contributed by atoms with Gasteiger partial charge in [0.1, 0.15) is 0 Å². The molecule has 7 heteroatoms. The van der Waals surface area contributed by atoms with Crippen molar-refractivity contribution in [2.24, 2.45) is 5.73 Å². The summed E-state index contributed by atoms with van der Waals surface area (Å²) in [5, 5.41) is 12.7. The van der Waals surface area contributed by atoms with Crippen LogP contribution in [-0.2, 0) is 6.54 Å². The molecule has 0 aliphatic carbocycles. The van der Waals surface area contributed by atoms with Crippen LogP contribution in [0.15, 0.2) is 23.7 Å². The zero-order valence-electron chi connectivity index (χ0n) is 12.4. The highest BCUT2D eigenvalue weighted by Gasteiger charge is 2.22. The number of hydrogen-bond donors (Lipinski definition) is 2. The fraction of sp³-hybridized carbons (Fsp3) is 0.500. The lowest BCUT2D eigenvalue weighted by Gasteiger charge is -2.26. The average molecular weight is 307 g/mol. The van der Waals surface area contributed by atoms with Crippen molar-refractivity contribution in [3.05, 3.63) is 34.3 Å². The van der Waals surface area contributed by atoms with E-state index < -0.39 is 0 Å². The van der Waals surface area contributed by atoms with Crippen LogP contribution in [-0.4, -0.2) is 33.0 Å². The predicted molar refractivity (Wildman–Crippen MR) is 83.3 cm³/mol. The summed E-state index contributed by atoms with van der Waals surface area (Å²) in [6.45, 7) is 5.11. The highest BCUT2D eigenvalue weighted by Crippen LogP contribution is 2.11. The van der Waals surface area contributed by atoms with Crippen LogP contribution in [0, 0.1) is 0 Å². The maximum absolute atomic E-state index is 12.1. The van der Waals surface area contributed by atoms with E-state index in [0.717, 1.165) is 12.8 Å². The van der Waals surface area contributed by atoms with Crippen molar-refractivity contribution in [3.63, 3.8) is 0 Å². The normalized spacial score (nSPS) is 11.6. The zero-order chi connectivity index (χ0) is 15.3. The van der Waals surface area contributed by atoms with E-state index in [1.807, 2.05) is 31.4 Å². The van der Waals surface area contributed by atoms with Gasteiger partial charge in [0.15, 0.2) is 5.69 Å². The number of nitrogens with one attached hydrogen (secondary N) is 1. The molecule has 0 fully saturated rings. The minimum Gasteiger partial charge on any atom is -0.349 e. The lowest BCUT2D eigenvalue weighted by molar-refractivity contribution is 0.0937. The quantitative estimate of drug-likeness (QED) is 0.814. The Morgan fingerprint density at radius 2 is 2.24 bits per heavy atom. The molecule has 0 spiro atoms. The lowest BCUT2D eigenvalue weighted by atomic mass is 9.94. The molecule has 0 aliphatic rings.